The van der Waals surface area contributed by atoms with Gasteiger partial charge in [-0.15, -0.1) is 0 Å². The van der Waals surface area contributed by atoms with E-state index in [2.05, 4.69) is 0 Å². The molecule has 0 fully saturated rings. The van der Waals surface area contributed by atoms with E-state index in [9.17, 15) is 9.59 Å². The van der Waals surface area contributed by atoms with E-state index in [0.717, 1.165) is 11.1 Å². The molecule has 3 rings (SSSR count). The minimum Gasteiger partial charge on any atom is -0.489 e. The van der Waals surface area contributed by atoms with E-state index in [0.29, 0.717) is 18.8 Å². The van der Waals surface area contributed by atoms with Crippen LogP contribution in [0.2, 0.25) is 0 Å². The van der Waals surface area contributed by atoms with Gasteiger partial charge >= 0.3 is 5.97 Å². The first-order valence-corrected chi connectivity index (χ1v) is 8.68. The quantitative estimate of drug-likeness (QED) is 0.604. The summed E-state index contributed by atoms with van der Waals surface area (Å²) in [5, 5.41) is 0. The highest BCUT2D eigenvalue weighted by Crippen LogP contribution is 2.17. The molecule has 27 heavy (non-hydrogen) atoms. The predicted molar refractivity (Wildman–Crippen MR) is 103 cm³/mol. The van der Waals surface area contributed by atoms with Crippen LogP contribution in [-0.4, -0.2) is 17.6 Å². The molecule has 1 heterocycles. The molecule has 2 aromatic carbocycles. The van der Waals surface area contributed by atoms with Crippen molar-refractivity contribution in [3.05, 3.63) is 100 Å². The molecule has 0 aliphatic heterocycles. The highest BCUT2D eigenvalue weighted by Gasteiger charge is 2.22. The topological polar surface area (TPSA) is 57.5 Å². The number of esters is 1. The van der Waals surface area contributed by atoms with Gasteiger partial charge in [-0.1, -0.05) is 60.7 Å². The van der Waals surface area contributed by atoms with Crippen molar-refractivity contribution in [3.63, 3.8) is 0 Å². The summed E-state index contributed by atoms with van der Waals surface area (Å²) in [5.41, 5.74) is 1.65. The molecule has 0 spiro atoms. The van der Waals surface area contributed by atoms with Crippen molar-refractivity contribution in [3.8, 4) is 5.75 Å². The molecule has 0 N–H and O–H groups in total. The lowest BCUT2D eigenvalue weighted by Crippen LogP contribution is -2.31. The van der Waals surface area contributed by atoms with Crippen molar-refractivity contribution in [2.24, 2.45) is 0 Å². The van der Waals surface area contributed by atoms with Gasteiger partial charge in [-0.3, -0.25) is 4.79 Å². The SMILES string of the molecule is COC(=O)[C@H](Cc1ccccc1)n1ccc(OCc2ccccc2)cc1=O. The number of hydrogen-bond acceptors (Lipinski definition) is 4. The van der Waals surface area contributed by atoms with Crippen LogP contribution in [0.15, 0.2) is 83.8 Å². The summed E-state index contributed by atoms with van der Waals surface area (Å²) in [4.78, 5) is 24.8. The standard InChI is InChI=1S/C22H21NO4/c1-26-22(25)20(14-17-8-4-2-5-9-17)23-13-12-19(15-21(23)24)27-16-18-10-6-3-7-11-18/h2-13,15,20H,14,16H2,1H3/t20-/m0/s1. The van der Waals surface area contributed by atoms with Crippen molar-refractivity contribution >= 4 is 5.97 Å². The molecular formula is C22H21NO4. The van der Waals surface area contributed by atoms with Crippen LogP contribution < -0.4 is 10.3 Å². The lowest BCUT2D eigenvalue weighted by atomic mass is 10.1. The van der Waals surface area contributed by atoms with Gasteiger partial charge in [-0.25, -0.2) is 4.79 Å². The molecule has 0 bridgehead atoms. The van der Waals surface area contributed by atoms with Gasteiger partial charge in [0.25, 0.3) is 5.56 Å². The molecule has 3 aromatic rings. The number of hydrogen-bond donors (Lipinski definition) is 0. The van der Waals surface area contributed by atoms with Crippen LogP contribution >= 0.6 is 0 Å². The Morgan fingerprint density at radius 3 is 2.19 bits per heavy atom. The minimum absolute atomic E-state index is 0.313. The molecule has 0 aliphatic rings. The summed E-state index contributed by atoms with van der Waals surface area (Å²) in [5.74, 6) is 0.00216. The van der Waals surface area contributed by atoms with Gasteiger partial charge in [0.05, 0.1) is 7.11 Å². The maximum atomic E-state index is 12.6. The lowest BCUT2D eigenvalue weighted by Gasteiger charge is -2.18. The summed E-state index contributed by atoms with van der Waals surface area (Å²) in [7, 11) is 1.32. The molecular weight excluding hydrogens is 342 g/mol. The number of nitrogens with zero attached hydrogens (tertiary/aromatic N) is 1. The molecule has 1 atom stereocenters. The van der Waals surface area contributed by atoms with Crippen LogP contribution in [0, 0.1) is 0 Å². The summed E-state index contributed by atoms with van der Waals surface area (Å²) in [6.45, 7) is 0.370. The van der Waals surface area contributed by atoms with Gasteiger partial charge < -0.3 is 14.0 Å². The van der Waals surface area contributed by atoms with Crippen molar-refractivity contribution in [2.75, 3.05) is 7.11 Å². The highest BCUT2D eigenvalue weighted by molar-refractivity contribution is 5.74. The minimum atomic E-state index is -0.729. The molecule has 5 heteroatoms. The van der Waals surface area contributed by atoms with Gasteiger partial charge in [-0.2, -0.15) is 0 Å². The predicted octanol–water partition coefficient (Wildman–Crippen LogP) is 3.38. The number of carbonyl (C=O) groups excluding carboxylic acids is 1. The Kier molecular flexibility index (Phi) is 6.05. The normalized spacial score (nSPS) is 11.6. The number of aromatic nitrogens is 1. The average Bonchev–Trinajstić information content (AvgIpc) is 2.72. The highest BCUT2D eigenvalue weighted by atomic mass is 16.5. The van der Waals surface area contributed by atoms with Gasteiger partial charge in [0, 0.05) is 18.7 Å². The smallest absolute Gasteiger partial charge is 0.329 e. The second kappa shape index (κ2) is 8.85. The molecule has 0 saturated carbocycles. The molecule has 138 valence electrons. The number of rotatable bonds is 7. The third-order valence-electron chi connectivity index (χ3n) is 4.25. The number of benzene rings is 2. The monoisotopic (exact) mass is 363 g/mol. The molecule has 0 radical (unpaired) electrons. The first kappa shape index (κ1) is 18.5. The number of pyridine rings is 1. The van der Waals surface area contributed by atoms with Crippen molar-refractivity contribution < 1.29 is 14.3 Å². The second-order valence-corrected chi connectivity index (χ2v) is 6.11. The Bertz CT molecular complexity index is 935. The van der Waals surface area contributed by atoms with Gasteiger partial charge in [0.2, 0.25) is 0 Å². The van der Waals surface area contributed by atoms with Crippen LogP contribution in [0.25, 0.3) is 0 Å². The molecule has 0 amide bonds. The summed E-state index contributed by atoms with van der Waals surface area (Å²) < 4.78 is 12.0. The Morgan fingerprint density at radius 1 is 0.963 bits per heavy atom. The fraction of sp³-hybridized carbons (Fsp3) is 0.182. The van der Waals surface area contributed by atoms with E-state index in [1.807, 2.05) is 60.7 Å². The zero-order chi connectivity index (χ0) is 19.1. The van der Waals surface area contributed by atoms with Crippen molar-refractivity contribution in [1.29, 1.82) is 0 Å². The maximum absolute atomic E-state index is 12.6. The lowest BCUT2D eigenvalue weighted by molar-refractivity contribution is -0.144. The average molecular weight is 363 g/mol. The molecule has 1 aromatic heterocycles. The van der Waals surface area contributed by atoms with E-state index in [-0.39, 0.29) is 5.56 Å². The molecule has 5 nitrogen and oxygen atoms in total. The zero-order valence-electron chi connectivity index (χ0n) is 15.1. The van der Waals surface area contributed by atoms with Gasteiger partial charge in [0.15, 0.2) is 0 Å². The summed E-state index contributed by atoms with van der Waals surface area (Å²) >= 11 is 0. The first-order chi connectivity index (χ1) is 13.2. The first-order valence-electron chi connectivity index (χ1n) is 8.68. The summed E-state index contributed by atoms with van der Waals surface area (Å²) in [6.07, 6.45) is 1.95. The molecule has 0 aliphatic carbocycles. The van der Waals surface area contributed by atoms with Crippen LogP contribution in [0.4, 0.5) is 0 Å². The molecule has 0 saturated heterocycles. The number of carbonyl (C=O) groups is 1. The third kappa shape index (κ3) is 4.85. The zero-order valence-corrected chi connectivity index (χ0v) is 15.1. The third-order valence-corrected chi connectivity index (χ3v) is 4.25. The van der Waals surface area contributed by atoms with Crippen molar-refractivity contribution in [1.82, 2.24) is 4.57 Å². The fourth-order valence-corrected chi connectivity index (χ4v) is 2.83. The maximum Gasteiger partial charge on any atom is 0.329 e. The van der Waals surface area contributed by atoms with Gasteiger partial charge in [-0.05, 0) is 17.2 Å². The molecule has 0 unspecified atom stereocenters. The van der Waals surface area contributed by atoms with E-state index >= 15 is 0 Å². The van der Waals surface area contributed by atoms with E-state index in [1.165, 1.54) is 17.7 Å². The Hall–Kier alpha value is -3.34. The number of methoxy groups -OCH3 is 1. The van der Waals surface area contributed by atoms with Crippen LogP contribution in [0.3, 0.4) is 0 Å². The Morgan fingerprint density at radius 2 is 1.59 bits per heavy atom. The largest absolute Gasteiger partial charge is 0.489 e. The van der Waals surface area contributed by atoms with E-state index in [4.69, 9.17) is 9.47 Å². The van der Waals surface area contributed by atoms with E-state index in [1.54, 1.807) is 12.3 Å². The van der Waals surface area contributed by atoms with Gasteiger partial charge in [0.1, 0.15) is 18.4 Å². The van der Waals surface area contributed by atoms with Crippen LogP contribution in [0.1, 0.15) is 17.2 Å². The fourth-order valence-electron chi connectivity index (χ4n) is 2.83. The van der Waals surface area contributed by atoms with Crippen LogP contribution in [0.5, 0.6) is 5.75 Å². The second-order valence-electron chi connectivity index (χ2n) is 6.11. The van der Waals surface area contributed by atoms with E-state index < -0.39 is 12.0 Å². The Labute approximate surface area is 157 Å². The number of ether oxygens (including phenoxy) is 2. The Balaban J connectivity index is 1.79. The summed E-state index contributed by atoms with van der Waals surface area (Å²) in [6, 6.07) is 21.6. The van der Waals surface area contributed by atoms with Crippen LogP contribution in [-0.2, 0) is 22.6 Å². The van der Waals surface area contributed by atoms with Crippen molar-refractivity contribution in [2.45, 2.75) is 19.1 Å².